The molecule has 0 radical (unpaired) electrons. The molecule has 0 spiro atoms. The number of hydrogen-bond donors (Lipinski definition) is 1. The molecule has 2 aliphatic rings. The number of nitrogens with one attached hydrogen (secondary N) is 1. The molecule has 1 aliphatic heterocycles. The Balaban J connectivity index is 1.60. The monoisotopic (exact) mass is 291 g/mol. The van der Waals surface area contributed by atoms with Crippen LogP contribution in [0, 0.1) is 5.41 Å². The standard InChI is InChI=1S/C17H25NO3/c1-17(2)15(10-16(17)19-3)18-11-12-5-6-13-14(9-12)21-8-4-7-20-13/h5-6,9,15-16,18H,4,7-8,10-11H2,1-3H3. The quantitative estimate of drug-likeness (QED) is 0.926. The van der Waals surface area contributed by atoms with Gasteiger partial charge in [-0.3, -0.25) is 0 Å². The van der Waals surface area contributed by atoms with Gasteiger partial charge >= 0.3 is 0 Å². The summed E-state index contributed by atoms with van der Waals surface area (Å²) in [7, 11) is 1.80. The van der Waals surface area contributed by atoms with Crippen LogP contribution in [0.4, 0.5) is 0 Å². The fourth-order valence-corrected chi connectivity index (χ4v) is 3.19. The Morgan fingerprint density at radius 2 is 2.00 bits per heavy atom. The molecule has 1 heterocycles. The lowest BCUT2D eigenvalue weighted by Gasteiger charge is -2.51. The zero-order valence-corrected chi connectivity index (χ0v) is 13.1. The molecule has 1 aromatic rings. The van der Waals surface area contributed by atoms with Crippen molar-refractivity contribution in [3.05, 3.63) is 23.8 Å². The Morgan fingerprint density at radius 1 is 1.24 bits per heavy atom. The lowest BCUT2D eigenvalue weighted by atomic mass is 9.64. The third kappa shape index (κ3) is 2.87. The second-order valence-electron chi connectivity index (χ2n) is 6.55. The van der Waals surface area contributed by atoms with Crippen molar-refractivity contribution in [1.82, 2.24) is 5.32 Å². The van der Waals surface area contributed by atoms with Gasteiger partial charge in [-0.25, -0.2) is 0 Å². The van der Waals surface area contributed by atoms with Crippen LogP contribution in [0.3, 0.4) is 0 Å². The SMILES string of the molecule is COC1CC(NCc2ccc3c(c2)OCCCO3)C1(C)C. The summed E-state index contributed by atoms with van der Waals surface area (Å²) in [6.45, 7) is 6.84. The van der Waals surface area contributed by atoms with Crippen molar-refractivity contribution in [3.8, 4) is 11.5 Å². The van der Waals surface area contributed by atoms with Crippen LogP contribution in [0.15, 0.2) is 18.2 Å². The molecule has 1 aliphatic carbocycles. The van der Waals surface area contributed by atoms with E-state index in [0.29, 0.717) is 12.1 Å². The van der Waals surface area contributed by atoms with Gasteiger partial charge in [0, 0.05) is 31.5 Å². The van der Waals surface area contributed by atoms with E-state index in [4.69, 9.17) is 14.2 Å². The molecule has 4 nitrogen and oxygen atoms in total. The first-order valence-electron chi connectivity index (χ1n) is 7.76. The number of hydrogen-bond acceptors (Lipinski definition) is 4. The van der Waals surface area contributed by atoms with E-state index >= 15 is 0 Å². The second kappa shape index (κ2) is 5.85. The van der Waals surface area contributed by atoms with E-state index < -0.39 is 0 Å². The molecule has 1 saturated carbocycles. The molecule has 0 amide bonds. The van der Waals surface area contributed by atoms with Gasteiger partial charge in [-0.05, 0) is 24.1 Å². The van der Waals surface area contributed by atoms with Gasteiger partial charge in [0.2, 0.25) is 0 Å². The molecule has 1 fully saturated rings. The lowest BCUT2D eigenvalue weighted by molar-refractivity contribution is -0.0979. The summed E-state index contributed by atoms with van der Waals surface area (Å²) in [5.41, 5.74) is 1.43. The third-order valence-electron chi connectivity index (χ3n) is 4.83. The topological polar surface area (TPSA) is 39.7 Å². The summed E-state index contributed by atoms with van der Waals surface area (Å²) >= 11 is 0. The summed E-state index contributed by atoms with van der Waals surface area (Å²) in [6.07, 6.45) is 2.38. The van der Waals surface area contributed by atoms with Gasteiger partial charge in [0.15, 0.2) is 11.5 Å². The molecule has 0 bridgehead atoms. The molecule has 116 valence electrons. The smallest absolute Gasteiger partial charge is 0.161 e. The molecule has 2 unspecified atom stereocenters. The Labute approximate surface area is 126 Å². The average Bonchev–Trinajstić information content (AvgIpc) is 2.71. The van der Waals surface area contributed by atoms with Crippen LogP contribution in [-0.4, -0.2) is 32.5 Å². The molecule has 4 heteroatoms. The van der Waals surface area contributed by atoms with Crippen LogP contribution in [0.5, 0.6) is 11.5 Å². The van der Waals surface area contributed by atoms with E-state index in [2.05, 4.69) is 31.3 Å². The van der Waals surface area contributed by atoms with Crippen molar-refractivity contribution in [1.29, 1.82) is 0 Å². The number of ether oxygens (including phenoxy) is 3. The van der Waals surface area contributed by atoms with Crippen LogP contribution >= 0.6 is 0 Å². The average molecular weight is 291 g/mol. The van der Waals surface area contributed by atoms with Gasteiger partial charge in [0.05, 0.1) is 19.3 Å². The van der Waals surface area contributed by atoms with Crippen LogP contribution in [0.25, 0.3) is 0 Å². The number of benzene rings is 1. The van der Waals surface area contributed by atoms with Crippen molar-refractivity contribution in [2.75, 3.05) is 20.3 Å². The molecule has 3 rings (SSSR count). The first-order chi connectivity index (χ1) is 10.1. The highest BCUT2D eigenvalue weighted by molar-refractivity contribution is 5.43. The summed E-state index contributed by atoms with van der Waals surface area (Å²) < 4.78 is 16.9. The zero-order valence-electron chi connectivity index (χ0n) is 13.1. The molecule has 0 aromatic heterocycles. The van der Waals surface area contributed by atoms with Crippen LogP contribution in [-0.2, 0) is 11.3 Å². The van der Waals surface area contributed by atoms with Crippen molar-refractivity contribution in [2.24, 2.45) is 5.41 Å². The van der Waals surface area contributed by atoms with E-state index in [1.165, 1.54) is 5.56 Å². The highest BCUT2D eigenvalue weighted by atomic mass is 16.5. The summed E-state index contributed by atoms with van der Waals surface area (Å²) in [6, 6.07) is 6.72. The number of methoxy groups -OCH3 is 1. The Bertz CT molecular complexity index is 501. The maximum Gasteiger partial charge on any atom is 0.161 e. The van der Waals surface area contributed by atoms with E-state index in [0.717, 1.165) is 44.1 Å². The number of fused-ring (bicyclic) bond motifs is 1. The molecule has 1 aromatic carbocycles. The van der Waals surface area contributed by atoms with Gasteiger partial charge in [-0.15, -0.1) is 0 Å². The lowest BCUT2D eigenvalue weighted by Crippen LogP contribution is -2.60. The van der Waals surface area contributed by atoms with Gasteiger partial charge in [0.25, 0.3) is 0 Å². The molecule has 1 N–H and O–H groups in total. The molecule has 2 atom stereocenters. The minimum Gasteiger partial charge on any atom is -0.490 e. The third-order valence-corrected chi connectivity index (χ3v) is 4.83. The maximum atomic E-state index is 5.74. The largest absolute Gasteiger partial charge is 0.490 e. The van der Waals surface area contributed by atoms with E-state index in [1.807, 2.05) is 6.07 Å². The van der Waals surface area contributed by atoms with E-state index in [9.17, 15) is 0 Å². The molecule has 0 saturated heterocycles. The van der Waals surface area contributed by atoms with Crippen LogP contribution in [0.2, 0.25) is 0 Å². The van der Waals surface area contributed by atoms with Crippen molar-refractivity contribution in [2.45, 2.75) is 45.4 Å². The summed E-state index contributed by atoms with van der Waals surface area (Å²) in [4.78, 5) is 0. The Hall–Kier alpha value is -1.26. The minimum atomic E-state index is 0.194. The highest BCUT2D eigenvalue weighted by Crippen LogP contribution is 2.42. The predicted octanol–water partition coefficient (Wildman–Crippen LogP) is 2.75. The second-order valence-corrected chi connectivity index (χ2v) is 6.55. The summed E-state index contributed by atoms with van der Waals surface area (Å²) in [5, 5.41) is 3.64. The first kappa shape index (κ1) is 14.7. The van der Waals surface area contributed by atoms with Gasteiger partial charge in [-0.1, -0.05) is 19.9 Å². The predicted molar refractivity (Wildman–Crippen MR) is 81.9 cm³/mol. The van der Waals surface area contributed by atoms with E-state index in [1.54, 1.807) is 7.11 Å². The van der Waals surface area contributed by atoms with Gasteiger partial charge in [-0.2, -0.15) is 0 Å². The molecular weight excluding hydrogens is 266 g/mol. The highest BCUT2D eigenvalue weighted by Gasteiger charge is 2.48. The van der Waals surface area contributed by atoms with Gasteiger partial charge < -0.3 is 19.5 Å². The number of rotatable bonds is 4. The van der Waals surface area contributed by atoms with Crippen molar-refractivity contribution in [3.63, 3.8) is 0 Å². The normalized spacial score (nSPS) is 26.8. The van der Waals surface area contributed by atoms with Crippen LogP contribution < -0.4 is 14.8 Å². The fraction of sp³-hybridized carbons (Fsp3) is 0.647. The summed E-state index contributed by atoms with van der Waals surface area (Å²) in [5.74, 6) is 1.73. The fourth-order valence-electron chi connectivity index (χ4n) is 3.19. The van der Waals surface area contributed by atoms with Crippen molar-refractivity contribution < 1.29 is 14.2 Å². The van der Waals surface area contributed by atoms with Crippen LogP contribution in [0.1, 0.15) is 32.3 Å². The van der Waals surface area contributed by atoms with Gasteiger partial charge in [0.1, 0.15) is 0 Å². The van der Waals surface area contributed by atoms with E-state index in [-0.39, 0.29) is 5.41 Å². The Kier molecular flexibility index (Phi) is 4.09. The minimum absolute atomic E-state index is 0.194. The zero-order chi connectivity index (χ0) is 14.9. The Morgan fingerprint density at radius 3 is 2.71 bits per heavy atom. The maximum absolute atomic E-state index is 5.74. The van der Waals surface area contributed by atoms with Crippen molar-refractivity contribution >= 4 is 0 Å². The first-order valence-corrected chi connectivity index (χ1v) is 7.76. The molecular formula is C17H25NO3. The molecule has 21 heavy (non-hydrogen) atoms.